The number of carbonyl (C=O) groups excluding carboxylic acids is 2. The van der Waals surface area contributed by atoms with E-state index >= 15 is 0 Å². The Morgan fingerprint density at radius 3 is 2.41 bits per heavy atom. The van der Waals surface area contributed by atoms with E-state index in [4.69, 9.17) is 4.74 Å². The van der Waals surface area contributed by atoms with Crippen LogP contribution < -0.4 is 5.32 Å². The summed E-state index contributed by atoms with van der Waals surface area (Å²) in [7, 11) is 0. The van der Waals surface area contributed by atoms with Crippen LogP contribution in [0.25, 0.3) is 5.57 Å². The summed E-state index contributed by atoms with van der Waals surface area (Å²) in [4.78, 5) is 29.2. The molecule has 0 saturated heterocycles. The van der Waals surface area contributed by atoms with Crippen molar-refractivity contribution in [3.8, 4) is 0 Å². The number of fused-ring (bicyclic) bond motifs is 1. The summed E-state index contributed by atoms with van der Waals surface area (Å²) >= 11 is 0. The average Bonchev–Trinajstić information content (AvgIpc) is 3.10. The molecule has 0 aliphatic heterocycles. The van der Waals surface area contributed by atoms with Crippen LogP contribution in [0, 0.1) is 0 Å². The molecule has 0 saturated carbocycles. The Bertz CT molecular complexity index is 1170. The number of hydrogen-bond donors (Lipinski definition) is 1. The Morgan fingerprint density at radius 2 is 1.62 bits per heavy atom. The fourth-order valence-electron chi connectivity index (χ4n) is 3.89. The van der Waals surface area contributed by atoms with Crippen molar-refractivity contribution in [2.45, 2.75) is 25.9 Å². The Balaban J connectivity index is 1.75. The number of carbonyl (C=O) groups is 2. The van der Waals surface area contributed by atoms with Crippen molar-refractivity contribution in [2.24, 2.45) is 0 Å². The fraction of sp³-hybridized carbons (Fsp3) is 0.148. The highest BCUT2D eigenvalue weighted by Gasteiger charge is 2.31. The van der Waals surface area contributed by atoms with E-state index in [0.29, 0.717) is 24.1 Å². The first-order chi connectivity index (χ1) is 15.6. The highest BCUT2D eigenvalue weighted by atomic mass is 16.5. The van der Waals surface area contributed by atoms with Crippen molar-refractivity contribution in [2.75, 3.05) is 5.32 Å². The van der Waals surface area contributed by atoms with Crippen LogP contribution in [0.15, 0.2) is 96.8 Å². The van der Waals surface area contributed by atoms with E-state index in [0.717, 1.165) is 22.4 Å². The predicted octanol–water partition coefficient (Wildman–Crippen LogP) is 5.24. The van der Waals surface area contributed by atoms with E-state index in [1.807, 2.05) is 72.9 Å². The minimum absolute atomic E-state index is 0.218. The maximum atomic E-state index is 13.1. The van der Waals surface area contributed by atoms with Crippen LogP contribution in [-0.4, -0.2) is 16.9 Å². The topological polar surface area (TPSA) is 68.3 Å². The molecule has 5 heteroatoms. The van der Waals surface area contributed by atoms with Crippen LogP contribution in [0.3, 0.4) is 0 Å². The van der Waals surface area contributed by atoms with Crippen molar-refractivity contribution in [3.63, 3.8) is 0 Å². The van der Waals surface area contributed by atoms with Gasteiger partial charge in [0.2, 0.25) is 0 Å². The van der Waals surface area contributed by atoms with Gasteiger partial charge in [-0.3, -0.25) is 14.6 Å². The average molecular weight is 425 g/mol. The van der Waals surface area contributed by atoms with Crippen molar-refractivity contribution < 1.29 is 14.3 Å². The Kier molecular flexibility index (Phi) is 6.56. The van der Waals surface area contributed by atoms with E-state index in [1.165, 1.54) is 6.92 Å². The van der Waals surface area contributed by atoms with Gasteiger partial charge >= 0.3 is 5.97 Å². The normalized spacial score (nSPS) is 28.0. The number of esters is 1. The molecule has 0 fully saturated rings. The van der Waals surface area contributed by atoms with Gasteiger partial charge in [-0.1, -0.05) is 72.9 Å². The lowest BCUT2D eigenvalue weighted by molar-refractivity contribution is -0.146. The molecular formula is C27H24N2O3. The maximum absolute atomic E-state index is 13.1. The molecule has 4 rings (SSSR count). The lowest BCUT2D eigenvalue weighted by atomic mass is 9.96. The Labute approximate surface area is 187 Å². The largest absolute Gasteiger partial charge is 0.456 e. The third kappa shape index (κ3) is 4.83. The predicted molar refractivity (Wildman–Crippen MR) is 127 cm³/mol. The molecule has 160 valence electrons. The molecule has 3 aliphatic rings. The van der Waals surface area contributed by atoms with Gasteiger partial charge in [-0.2, -0.15) is 0 Å². The minimum Gasteiger partial charge on any atom is -0.456 e. The lowest BCUT2D eigenvalue weighted by Crippen LogP contribution is -2.16. The van der Waals surface area contributed by atoms with Crippen LogP contribution in [-0.2, 0) is 20.7 Å². The van der Waals surface area contributed by atoms with Crippen molar-refractivity contribution in [1.29, 1.82) is 0 Å². The number of allylic oxidation sites excluding steroid dienone is 14. The molecule has 1 unspecified atom stereocenters. The zero-order valence-electron chi connectivity index (χ0n) is 17.8. The first-order valence-electron chi connectivity index (χ1n) is 10.6. The third-order valence-corrected chi connectivity index (χ3v) is 5.27. The number of anilines is 1. The number of ether oxygens (including phenoxy) is 1. The molecule has 0 radical (unpaired) electrons. The molecular weight excluding hydrogens is 400 g/mol. The molecule has 0 aromatic carbocycles. The molecule has 1 heterocycles. The zero-order valence-corrected chi connectivity index (χ0v) is 17.8. The van der Waals surface area contributed by atoms with E-state index in [-0.39, 0.29) is 18.0 Å². The monoisotopic (exact) mass is 424 g/mol. The summed E-state index contributed by atoms with van der Waals surface area (Å²) < 4.78 is 5.48. The number of hydrogen-bond acceptors (Lipinski definition) is 4. The second-order valence-corrected chi connectivity index (χ2v) is 7.50. The molecule has 32 heavy (non-hydrogen) atoms. The summed E-state index contributed by atoms with van der Waals surface area (Å²) in [6.07, 6.45) is 29.3. The first kappa shape index (κ1) is 21.2. The van der Waals surface area contributed by atoms with Gasteiger partial charge in [0.05, 0.1) is 17.6 Å². The number of aromatic nitrogens is 1. The quantitative estimate of drug-likeness (QED) is 0.671. The van der Waals surface area contributed by atoms with Crippen LogP contribution in [0.4, 0.5) is 5.69 Å². The molecule has 3 aliphatic carbocycles. The number of pyridine rings is 1. The third-order valence-electron chi connectivity index (χ3n) is 5.27. The van der Waals surface area contributed by atoms with Crippen LogP contribution in [0.5, 0.6) is 0 Å². The summed E-state index contributed by atoms with van der Waals surface area (Å²) in [6.45, 7) is 1.41. The standard InChI is InChI=1S/C27H24N2O3/c1-19(30)32-24-17-16-22-25(20-12-8-4-2-5-9-13-20)23(18-28-26(22)24)29-27(31)21-14-10-6-3-7-11-15-21/h2-15,18,24H,16-17H2,1H3,(H,29,31)/b4-2-,5-2?,6-3-,7-3?,8-4?,9-5-,10-6?,11-7-,12-8-,13-9?,14-10-,15-11?,20-12?,20-13+,21-14?,21-15+. The van der Waals surface area contributed by atoms with Gasteiger partial charge < -0.3 is 10.1 Å². The van der Waals surface area contributed by atoms with Crippen molar-refractivity contribution in [3.05, 3.63) is 114 Å². The second kappa shape index (κ2) is 9.88. The van der Waals surface area contributed by atoms with Gasteiger partial charge in [0.15, 0.2) is 0 Å². The highest BCUT2D eigenvalue weighted by molar-refractivity contribution is 6.07. The zero-order chi connectivity index (χ0) is 22.3. The van der Waals surface area contributed by atoms with Crippen LogP contribution in [0.2, 0.25) is 0 Å². The van der Waals surface area contributed by atoms with Gasteiger partial charge in [-0.05, 0) is 36.1 Å². The minimum atomic E-state index is -0.368. The molecule has 1 amide bonds. The fourth-order valence-corrected chi connectivity index (χ4v) is 3.89. The van der Waals surface area contributed by atoms with Gasteiger partial charge in [-0.25, -0.2) is 0 Å². The SMILES string of the molecule is CC(=O)OC1CCc2c1ncc(NC(=O)C1=C/C=C\C=C/C=C\1)c2C1=C/C=C\C=C/C=C\1. The van der Waals surface area contributed by atoms with Gasteiger partial charge in [0.25, 0.3) is 5.91 Å². The van der Waals surface area contributed by atoms with Gasteiger partial charge in [0, 0.05) is 18.1 Å². The van der Waals surface area contributed by atoms with E-state index < -0.39 is 0 Å². The van der Waals surface area contributed by atoms with Gasteiger partial charge in [0.1, 0.15) is 6.10 Å². The summed E-state index contributed by atoms with van der Waals surface area (Å²) in [6, 6.07) is 0. The van der Waals surface area contributed by atoms with E-state index in [1.54, 1.807) is 18.3 Å². The highest BCUT2D eigenvalue weighted by Crippen LogP contribution is 2.40. The molecule has 1 N–H and O–H groups in total. The maximum Gasteiger partial charge on any atom is 0.303 e. The Morgan fingerprint density at radius 1 is 0.938 bits per heavy atom. The van der Waals surface area contributed by atoms with E-state index in [2.05, 4.69) is 10.3 Å². The molecule has 5 nitrogen and oxygen atoms in total. The van der Waals surface area contributed by atoms with E-state index in [9.17, 15) is 9.59 Å². The second-order valence-electron chi connectivity index (χ2n) is 7.50. The van der Waals surface area contributed by atoms with Gasteiger partial charge in [-0.15, -0.1) is 0 Å². The summed E-state index contributed by atoms with van der Waals surface area (Å²) in [5.74, 6) is -0.545. The van der Waals surface area contributed by atoms with Crippen molar-refractivity contribution >= 4 is 23.1 Å². The van der Waals surface area contributed by atoms with Crippen LogP contribution >= 0.6 is 0 Å². The summed E-state index contributed by atoms with van der Waals surface area (Å²) in [5.41, 5.74) is 4.77. The molecule has 1 aromatic heterocycles. The number of nitrogens with one attached hydrogen (secondary N) is 1. The number of rotatable bonds is 4. The van der Waals surface area contributed by atoms with Crippen LogP contribution in [0.1, 0.15) is 36.3 Å². The molecule has 0 spiro atoms. The summed E-state index contributed by atoms with van der Waals surface area (Å²) in [5, 5.41) is 3.04. The first-order valence-corrected chi connectivity index (χ1v) is 10.6. The lowest BCUT2D eigenvalue weighted by Gasteiger charge is -2.18. The Hall–Kier alpha value is -3.99. The molecule has 1 atom stereocenters. The smallest absolute Gasteiger partial charge is 0.303 e. The van der Waals surface area contributed by atoms with Crippen molar-refractivity contribution in [1.82, 2.24) is 4.98 Å². The molecule has 0 bridgehead atoms. The number of nitrogens with zero attached hydrogens (tertiary/aromatic N) is 1. The molecule has 1 aromatic rings. The number of amides is 1.